The number of hydrogen-bond donors (Lipinski definition) is 0. The van der Waals surface area contributed by atoms with E-state index in [1.54, 1.807) is 32.4 Å². The average Bonchev–Trinajstić information content (AvgIpc) is 2.72. The summed E-state index contributed by atoms with van der Waals surface area (Å²) in [6.45, 7) is 7.71. The second-order valence-electron chi connectivity index (χ2n) is 7.06. The fourth-order valence-electron chi connectivity index (χ4n) is 2.62. The molecule has 0 fully saturated rings. The van der Waals surface area contributed by atoms with E-state index in [4.69, 9.17) is 23.7 Å². The topological polar surface area (TPSA) is 63.2 Å². The number of benzene rings is 2. The zero-order chi connectivity index (χ0) is 23.0. The van der Waals surface area contributed by atoms with E-state index >= 15 is 0 Å². The van der Waals surface area contributed by atoms with E-state index in [1.807, 2.05) is 62.4 Å². The normalized spacial score (nSPS) is 10.4. The van der Waals surface area contributed by atoms with E-state index in [0.717, 1.165) is 5.56 Å². The minimum absolute atomic E-state index is 0.0278. The van der Waals surface area contributed by atoms with Gasteiger partial charge in [-0.15, -0.1) is 0 Å². The lowest BCUT2D eigenvalue weighted by Gasteiger charge is -2.16. The maximum Gasteiger partial charge on any atom is 0.321 e. The molecule has 7 heteroatoms. The third-order valence-electron chi connectivity index (χ3n) is 3.83. The maximum atomic E-state index is 11.9. The SMILES string of the molecule is COc1cc(C#Cc2cc(OC)c(OC(C)C)cc2OC(=O)CI)ccc1OC(C)C. The molecular formula is C24H27IO6. The van der Waals surface area contributed by atoms with Gasteiger partial charge in [-0.25, -0.2) is 0 Å². The summed E-state index contributed by atoms with van der Waals surface area (Å²) in [7, 11) is 3.13. The molecule has 0 aliphatic carbocycles. The van der Waals surface area contributed by atoms with E-state index in [9.17, 15) is 4.79 Å². The molecule has 0 saturated carbocycles. The Kier molecular flexibility index (Phi) is 9.31. The molecule has 166 valence electrons. The minimum atomic E-state index is -0.374. The van der Waals surface area contributed by atoms with Gasteiger partial charge in [0.15, 0.2) is 23.0 Å². The molecular weight excluding hydrogens is 511 g/mol. The zero-order valence-corrected chi connectivity index (χ0v) is 20.7. The first-order chi connectivity index (χ1) is 14.8. The van der Waals surface area contributed by atoms with Crippen molar-refractivity contribution in [1.82, 2.24) is 0 Å². The van der Waals surface area contributed by atoms with Crippen LogP contribution < -0.4 is 23.7 Å². The summed E-state index contributed by atoms with van der Waals surface area (Å²) >= 11 is 1.95. The third kappa shape index (κ3) is 7.24. The summed E-state index contributed by atoms with van der Waals surface area (Å²) in [5, 5.41) is 0. The Bertz CT molecular complexity index is 972. The molecule has 6 nitrogen and oxygen atoms in total. The summed E-state index contributed by atoms with van der Waals surface area (Å²) in [6, 6.07) is 8.80. The van der Waals surface area contributed by atoms with Gasteiger partial charge < -0.3 is 23.7 Å². The first kappa shape index (κ1) is 24.7. The van der Waals surface area contributed by atoms with Gasteiger partial charge in [0.1, 0.15) is 5.75 Å². The molecule has 0 atom stereocenters. The van der Waals surface area contributed by atoms with Crippen molar-refractivity contribution in [2.45, 2.75) is 39.9 Å². The molecule has 0 N–H and O–H groups in total. The summed E-state index contributed by atoms with van der Waals surface area (Å²) in [5.74, 6) is 8.32. The van der Waals surface area contributed by atoms with Crippen LogP contribution in [0, 0.1) is 11.8 Å². The van der Waals surface area contributed by atoms with Crippen molar-refractivity contribution in [3.8, 4) is 40.6 Å². The molecule has 0 saturated heterocycles. The van der Waals surface area contributed by atoms with Gasteiger partial charge in [-0.2, -0.15) is 0 Å². The number of halogens is 1. The Morgan fingerprint density at radius 3 is 2.03 bits per heavy atom. The standard InChI is InChI=1S/C24H27IO6/c1-15(2)29-19-10-8-17(11-21(19)27-5)7-9-18-12-22(28-6)23(30-16(3)4)13-20(18)31-24(26)14-25/h8,10-13,15-16H,14H2,1-6H3. The van der Waals surface area contributed by atoms with Crippen LogP contribution in [0.3, 0.4) is 0 Å². The number of ether oxygens (including phenoxy) is 5. The highest BCUT2D eigenvalue weighted by atomic mass is 127. The maximum absolute atomic E-state index is 11.9. The summed E-state index contributed by atoms with van der Waals surface area (Å²) < 4.78 is 28.1. The average molecular weight is 538 g/mol. The number of alkyl halides is 1. The van der Waals surface area contributed by atoms with Crippen LogP contribution in [0.15, 0.2) is 30.3 Å². The predicted molar refractivity (Wildman–Crippen MR) is 128 cm³/mol. The highest BCUT2D eigenvalue weighted by molar-refractivity contribution is 14.1. The Morgan fingerprint density at radius 1 is 0.839 bits per heavy atom. The lowest BCUT2D eigenvalue weighted by Crippen LogP contribution is -2.11. The Labute approximate surface area is 197 Å². The second-order valence-corrected chi connectivity index (χ2v) is 7.82. The first-order valence-electron chi connectivity index (χ1n) is 9.79. The largest absolute Gasteiger partial charge is 0.493 e. The molecule has 2 aromatic rings. The van der Waals surface area contributed by atoms with Crippen molar-refractivity contribution < 1.29 is 28.5 Å². The van der Waals surface area contributed by atoms with Gasteiger partial charge in [0.2, 0.25) is 0 Å². The van der Waals surface area contributed by atoms with Gasteiger partial charge in [-0.3, -0.25) is 4.79 Å². The lowest BCUT2D eigenvalue weighted by atomic mass is 10.1. The van der Waals surface area contributed by atoms with Crippen LogP contribution in [0.5, 0.6) is 28.7 Å². The summed E-state index contributed by atoms with van der Waals surface area (Å²) in [6.07, 6.45) is -0.0435. The van der Waals surface area contributed by atoms with Gasteiger partial charge >= 0.3 is 5.97 Å². The third-order valence-corrected chi connectivity index (χ3v) is 4.45. The van der Waals surface area contributed by atoms with Crippen LogP contribution in [-0.4, -0.2) is 36.8 Å². The zero-order valence-electron chi connectivity index (χ0n) is 18.6. The predicted octanol–water partition coefficient (Wildman–Crippen LogP) is 5.02. The monoisotopic (exact) mass is 538 g/mol. The number of methoxy groups -OCH3 is 2. The molecule has 0 aliphatic heterocycles. The lowest BCUT2D eigenvalue weighted by molar-refractivity contribution is -0.131. The number of carbonyl (C=O) groups excluding carboxylic acids is 1. The molecule has 0 radical (unpaired) electrons. The highest BCUT2D eigenvalue weighted by Gasteiger charge is 2.15. The van der Waals surface area contributed by atoms with E-state index in [1.165, 1.54) is 0 Å². The van der Waals surface area contributed by atoms with Crippen molar-refractivity contribution in [2.24, 2.45) is 0 Å². The Hall–Kier alpha value is -2.60. The minimum Gasteiger partial charge on any atom is -0.493 e. The molecule has 0 bridgehead atoms. The Morgan fingerprint density at radius 2 is 1.45 bits per heavy atom. The number of esters is 1. The molecule has 0 unspecified atom stereocenters. The van der Waals surface area contributed by atoms with Gasteiger partial charge in [0, 0.05) is 17.7 Å². The van der Waals surface area contributed by atoms with Gasteiger partial charge in [-0.1, -0.05) is 34.4 Å². The molecule has 0 aliphatic rings. The van der Waals surface area contributed by atoms with Crippen LogP contribution in [0.2, 0.25) is 0 Å². The summed E-state index contributed by atoms with van der Waals surface area (Å²) in [4.78, 5) is 11.9. The molecule has 2 aromatic carbocycles. The van der Waals surface area contributed by atoms with E-state index in [-0.39, 0.29) is 22.6 Å². The van der Waals surface area contributed by atoms with Crippen molar-refractivity contribution >= 4 is 28.6 Å². The van der Waals surface area contributed by atoms with E-state index < -0.39 is 0 Å². The van der Waals surface area contributed by atoms with E-state index in [0.29, 0.717) is 34.3 Å². The number of carbonyl (C=O) groups is 1. The van der Waals surface area contributed by atoms with Gasteiger partial charge in [0.05, 0.1) is 36.4 Å². The van der Waals surface area contributed by atoms with E-state index in [2.05, 4.69) is 11.8 Å². The van der Waals surface area contributed by atoms with Crippen LogP contribution in [-0.2, 0) is 4.79 Å². The second kappa shape index (κ2) is 11.7. The van der Waals surface area contributed by atoms with Crippen molar-refractivity contribution in [2.75, 3.05) is 18.6 Å². The molecule has 0 heterocycles. The van der Waals surface area contributed by atoms with Crippen LogP contribution >= 0.6 is 22.6 Å². The first-order valence-corrected chi connectivity index (χ1v) is 11.3. The molecule has 2 rings (SSSR count). The van der Waals surface area contributed by atoms with Gasteiger partial charge in [0.25, 0.3) is 0 Å². The molecule has 0 spiro atoms. The molecule has 31 heavy (non-hydrogen) atoms. The number of rotatable bonds is 8. The van der Waals surface area contributed by atoms with Crippen molar-refractivity contribution in [3.05, 3.63) is 41.5 Å². The van der Waals surface area contributed by atoms with Crippen molar-refractivity contribution in [1.29, 1.82) is 0 Å². The molecule has 0 amide bonds. The summed E-state index contributed by atoms with van der Waals surface area (Å²) in [5.41, 5.74) is 1.23. The van der Waals surface area contributed by atoms with Crippen molar-refractivity contribution in [3.63, 3.8) is 0 Å². The smallest absolute Gasteiger partial charge is 0.321 e. The highest BCUT2D eigenvalue weighted by Crippen LogP contribution is 2.35. The Balaban J connectivity index is 2.48. The fourth-order valence-corrected chi connectivity index (χ4v) is 2.77. The fraction of sp³-hybridized carbons (Fsp3) is 0.375. The van der Waals surface area contributed by atoms with Gasteiger partial charge in [-0.05, 0) is 45.9 Å². The quantitative estimate of drug-likeness (QED) is 0.155. The van der Waals surface area contributed by atoms with Crippen LogP contribution in [0.25, 0.3) is 0 Å². The van der Waals surface area contributed by atoms with Crippen LogP contribution in [0.4, 0.5) is 0 Å². The molecule has 0 aromatic heterocycles. The van der Waals surface area contributed by atoms with Crippen LogP contribution in [0.1, 0.15) is 38.8 Å². The number of hydrogen-bond acceptors (Lipinski definition) is 6.